The summed E-state index contributed by atoms with van der Waals surface area (Å²) in [4.78, 5) is 15.0. The number of pyridine rings is 1. The number of fused-ring (bicyclic) bond motifs is 1. The molecule has 0 unspecified atom stereocenters. The number of hydrogen-bond donors (Lipinski definition) is 1. The van der Waals surface area contributed by atoms with Crippen LogP contribution in [0.1, 0.15) is 21.7 Å². The quantitative estimate of drug-likeness (QED) is 0.779. The van der Waals surface area contributed by atoms with Crippen LogP contribution in [0.2, 0.25) is 5.02 Å². The monoisotopic (exact) mass is 356 g/mol. The summed E-state index contributed by atoms with van der Waals surface area (Å²) in [5, 5.41) is 16.3. The molecule has 0 atom stereocenters. The lowest BCUT2D eigenvalue weighted by molar-refractivity contribution is -0.144. The van der Waals surface area contributed by atoms with Gasteiger partial charge in [0, 0.05) is 11.6 Å². The summed E-state index contributed by atoms with van der Waals surface area (Å²) in [5.74, 6) is -1.79. The molecule has 24 heavy (non-hydrogen) atoms. The van der Waals surface area contributed by atoms with Crippen molar-refractivity contribution < 1.29 is 23.1 Å². The molecule has 0 saturated heterocycles. The molecule has 0 amide bonds. The van der Waals surface area contributed by atoms with E-state index < -0.39 is 23.5 Å². The molecule has 0 aliphatic rings. The van der Waals surface area contributed by atoms with Gasteiger partial charge in [-0.3, -0.25) is 4.98 Å². The molecule has 124 valence electrons. The van der Waals surface area contributed by atoms with Crippen molar-refractivity contribution in [3.8, 4) is 0 Å². The number of hydrogen-bond acceptors (Lipinski definition) is 4. The molecule has 6 nitrogen and oxygen atoms in total. The molecule has 2 aromatic heterocycles. The van der Waals surface area contributed by atoms with E-state index in [1.54, 1.807) is 24.3 Å². The van der Waals surface area contributed by atoms with Crippen molar-refractivity contribution in [2.45, 2.75) is 12.7 Å². The minimum Gasteiger partial charge on any atom is -0.476 e. The zero-order chi connectivity index (χ0) is 17.5. The fourth-order valence-electron chi connectivity index (χ4n) is 2.27. The Morgan fingerprint density at radius 1 is 1.29 bits per heavy atom. The maximum atomic E-state index is 13.1. The van der Waals surface area contributed by atoms with Crippen LogP contribution < -0.4 is 0 Å². The van der Waals surface area contributed by atoms with E-state index in [1.807, 2.05) is 0 Å². The lowest BCUT2D eigenvalue weighted by Crippen LogP contribution is -2.18. The molecule has 1 N–H and O–H groups in total. The van der Waals surface area contributed by atoms with Crippen molar-refractivity contribution in [3.05, 3.63) is 52.4 Å². The van der Waals surface area contributed by atoms with Crippen LogP contribution in [0, 0.1) is 0 Å². The SMILES string of the molecule is O=C(O)c1nnn(Cc2ccc3ncc(Cl)cc3c2)c1C(F)(F)F. The molecule has 0 bridgehead atoms. The molecule has 0 radical (unpaired) electrons. The highest BCUT2D eigenvalue weighted by atomic mass is 35.5. The normalized spacial score (nSPS) is 11.8. The Kier molecular flexibility index (Phi) is 3.88. The summed E-state index contributed by atoms with van der Waals surface area (Å²) < 4.78 is 39.9. The second-order valence-electron chi connectivity index (χ2n) is 4.93. The van der Waals surface area contributed by atoms with Crippen LogP contribution >= 0.6 is 11.6 Å². The highest BCUT2D eigenvalue weighted by Gasteiger charge is 2.41. The Labute approximate surface area is 137 Å². The van der Waals surface area contributed by atoms with E-state index in [0.29, 0.717) is 26.2 Å². The smallest absolute Gasteiger partial charge is 0.435 e. The summed E-state index contributed by atoms with van der Waals surface area (Å²) in [6.07, 6.45) is -3.43. The zero-order valence-corrected chi connectivity index (χ0v) is 12.5. The van der Waals surface area contributed by atoms with E-state index in [4.69, 9.17) is 16.7 Å². The van der Waals surface area contributed by atoms with Crippen molar-refractivity contribution >= 4 is 28.5 Å². The summed E-state index contributed by atoms with van der Waals surface area (Å²) in [6.45, 7) is -0.294. The van der Waals surface area contributed by atoms with Gasteiger partial charge in [-0.15, -0.1) is 5.10 Å². The fraction of sp³-hybridized carbons (Fsp3) is 0.143. The third-order valence-corrected chi connectivity index (χ3v) is 3.46. The van der Waals surface area contributed by atoms with Gasteiger partial charge in [0.15, 0.2) is 5.69 Å². The third kappa shape index (κ3) is 3.02. The molecule has 0 saturated carbocycles. The number of carboxylic acid groups (broad SMARTS) is 1. The van der Waals surface area contributed by atoms with Gasteiger partial charge in [-0.05, 0) is 23.8 Å². The van der Waals surface area contributed by atoms with E-state index in [9.17, 15) is 18.0 Å². The largest absolute Gasteiger partial charge is 0.476 e. The van der Waals surface area contributed by atoms with Gasteiger partial charge in [0.2, 0.25) is 5.69 Å². The van der Waals surface area contributed by atoms with Crippen molar-refractivity contribution in [1.29, 1.82) is 0 Å². The lowest BCUT2D eigenvalue weighted by Gasteiger charge is -2.10. The van der Waals surface area contributed by atoms with Crippen LogP contribution in [0.5, 0.6) is 0 Å². The van der Waals surface area contributed by atoms with E-state index in [1.165, 1.54) is 6.20 Å². The second-order valence-corrected chi connectivity index (χ2v) is 5.36. The first-order chi connectivity index (χ1) is 11.3. The average molecular weight is 357 g/mol. The number of alkyl halides is 3. The maximum Gasteiger partial charge on any atom is 0.435 e. The van der Waals surface area contributed by atoms with E-state index >= 15 is 0 Å². The highest BCUT2D eigenvalue weighted by molar-refractivity contribution is 6.31. The van der Waals surface area contributed by atoms with Gasteiger partial charge in [-0.2, -0.15) is 13.2 Å². The van der Waals surface area contributed by atoms with Crippen LogP contribution in [-0.2, 0) is 12.7 Å². The molecule has 0 spiro atoms. The molecule has 0 fully saturated rings. The van der Waals surface area contributed by atoms with Gasteiger partial charge in [0.05, 0.1) is 17.1 Å². The number of aromatic carboxylic acids is 1. The standard InChI is InChI=1S/C14H8ClF3N4O2/c15-9-4-8-3-7(1-2-10(8)19-5-9)6-22-12(14(16,17)18)11(13(23)24)20-21-22/h1-5H,6H2,(H,23,24). The molecule has 10 heteroatoms. The summed E-state index contributed by atoms with van der Waals surface area (Å²) in [5.41, 5.74) is -1.43. The van der Waals surface area contributed by atoms with Crippen molar-refractivity contribution in [3.63, 3.8) is 0 Å². The average Bonchev–Trinajstić information content (AvgIpc) is 2.91. The minimum absolute atomic E-state index is 0.294. The van der Waals surface area contributed by atoms with Crippen LogP contribution in [0.3, 0.4) is 0 Å². The number of halogens is 4. The van der Waals surface area contributed by atoms with E-state index in [0.717, 1.165) is 0 Å². The molecular weight excluding hydrogens is 349 g/mol. The molecular formula is C14H8ClF3N4O2. The summed E-state index contributed by atoms with van der Waals surface area (Å²) in [7, 11) is 0. The summed E-state index contributed by atoms with van der Waals surface area (Å²) in [6, 6.07) is 6.44. The summed E-state index contributed by atoms with van der Waals surface area (Å²) >= 11 is 5.85. The van der Waals surface area contributed by atoms with Crippen molar-refractivity contribution in [2.24, 2.45) is 0 Å². The number of carbonyl (C=O) groups is 1. The van der Waals surface area contributed by atoms with Crippen LogP contribution in [0.25, 0.3) is 10.9 Å². The topological polar surface area (TPSA) is 80.9 Å². The molecule has 0 aliphatic heterocycles. The first-order valence-electron chi connectivity index (χ1n) is 6.54. The number of rotatable bonds is 3. The Bertz CT molecular complexity index is 939. The Hall–Kier alpha value is -2.68. The Morgan fingerprint density at radius 2 is 2.04 bits per heavy atom. The fourth-order valence-corrected chi connectivity index (χ4v) is 2.44. The second kappa shape index (κ2) is 5.75. The molecule has 2 heterocycles. The van der Waals surface area contributed by atoms with Gasteiger partial charge < -0.3 is 5.11 Å². The molecule has 0 aliphatic carbocycles. The van der Waals surface area contributed by atoms with E-state index in [2.05, 4.69) is 15.3 Å². The van der Waals surface area contributed by atoms with Crippen molar-refractivity contribution in [2.75, 3.05) is 0 Å². The number of carboxylic acids is 1. The molecule has 3 aromatic rings. The number of aromatic nitrogens is 4. The van der Waals surface area contributed by atoms with Crippen LogP contribution in [0.15, 0.2) is 30.5 Å². The number of benzene rings is 1. The van der Waals surface area contributed by atoms with Crippen molar-refractivity contribution in [1.82, 2.24) is 20.0 Å². The lowest BCUT2D eigenvalue weighted by atomic mass is 10.1. The first-order valence-corrected chi connectivity index (χ1v) is 6.91. The van der Waals surface area contributed by atoms with Gasteiger partial charge in [-0.25, -0.2) is 9.48 Å². The van der Waals surface area contributed by atoms with Crippen LogP contribution in [-0.4, -0.2) is 31.1 Å². The van der Waals surface area contributed by atoms with Gasteiger partial charge in [0.1, 0.15) is 0 Å². The Balaban J connectivity index is 2.04. The van der Waals surface area contributed by atoms with Gasteiger partial charge in [-0.1, -0.05) is 22.9 Å². The maximum absolute atomic E-state index is 13.1. The first kappa shape index (κ1) is 16.2. The molecule has 3 rings (SSSR count). The predicted molar refractivity (Wildman–Crippen MR) is 77.8 cm³/mol. The molecule has 1 aromatic carbocycles. The highest BCUT2D eigenvalue weighted by Crippen LogP contribution is 2.31. The van der Waals surface area contributed by atoms with Crippen LogP contribution in [0.4, 0.5) is 13.2 Å². The number of nitrogens with zero attached hydrogens (tertiary/aromatic N) is 4. The predicted octanol–water partition coefficient (Wildman–Crippen LogP) is 3.25. The third-order valence-electron chi connectivity index (χ3n) is 3.25. The zero-order valence-electron chi connectivity index (χ0n) is 11.8. The van der Waals surface area contributed by atoms with E-state index in [-0.39, 0.29) is 6.54 Å². The minimum atomic E-state index is -4.89. The van der Waals surface area contributed by atoms with Gasteiger partial charge >= 0.3 is 12.1 Å². The van der Waals surface area contributed by atoms with Gasteiger partial charge in [0.25, 0.3) is 0 Å². The Morgan fingerprint density at radius 3 is 2.71 bits per heavy atom.